The van der Waals surface area contributed by atoms with E-state index in [4.69, 9.17) is 0 Å². The summed E-state index contributed by atoms with van der Waals surface area (Å²) >= 11 is 2.50. The highest BCUT2D eigenvalue weighted by atomic mass is 127. The molecule has 1 rings (SSSR count). The molecular weight excluding hydrogens is 249 g/mol. The first-order valence-corrected chi connectivity index (χ1v) is 6.04. The third-order valence-electron chi connectivity index (χ3n) is 2.46. The van der Waals surface area contributed by atoms with Gasteiger partial charge in [0.1, 0.15) is 0 Å². The zero-order chi connectivity index (χ0) is 8.27. The second-order valence-electron chi connectivity index (χ2n) is 3.91. The second-order valence-corrected chi connectivity index (χ2v) is 4.79. The first kappa shape index (κ1) is 9.78. The molecule has 1 aliphatic heterocycles. The number of alkyl halides is 1. The minimum absolute atomic E-state index is 0.734. The van der Waals surface area contributed by atoms with Crippen LogP contribution in [-0.4, -0.2) is 17.0 Å². The lowest BCUT2D eigenvalue weighted by Crippen LogP contribution is -2.28. The maximum Gasteiger partial charge on any atom is 0.00413 e. The van der Waals surface area contributed by atoms with E-state index in [1.54, 1.807) is 0 Å². The van der Waals surface area contributed by atoms with E-state index in [-0.39, 0.29) is 0 Å². The summed E-state index contributed by atoms with van der Waals surface area (Å²) in [6.07, 6.45) is 2.77. The minimum Gasteiger partial charge on any atom is -0.314 e. The Balaban J connectivity index is 2.39. The van der Waals surface area contributed by atoms with Crippen LogP contribution in [-0.2, 0) is 0 Å². The normalized spacial score (nSPS) is 40.1. The average molecular weight is 267 g/mol. The monoisotopic (exact) mass is 267 g/mol. The standard InChI is InChI=1S/C9H18IN/c1-7-3-8(2)11-6-9(4-7)5-10/h7-9,11H,3-6H2,1-2H3/t7?,8?,9-/m1/s1. The molecule has 0 aromatic rings. The Morgan fingerprint density at radius 3 is 2.73 bits per heavy atom. The van der Waals surface area contributed by atoms with Crippen LogP contribution in [0.2, 0.25) is 0 Å². The molecule has 0 aliphatic carbocycles. The van der Waals surface area contributed by atoms with Gasteiger partial charge in [-0.25, -0.2) is 0 Å². The van der Waals surface area contributed by atoms with Gasteiger partial charge in [0.15, 0.2) is 0 Å². The molecule has 0 aromatic heterocycles. The smallest absolute Gasteiger partial charge is 0.00413 e. The van der Waals surface area contributed by atoms with Crippen molar-refractivity contribution in [2.45, 2.75) is 32.7 Å². The minimum atomic E-state index is 0.734. The van der Waals surface area contributed by atoms with Crippen molar-refractivity contribution in [3.05, 3.63) is 0 Å². The Kier molecular flexibility index (Phi) is 4.13. The summed E-state index contributed by atoms with van der Waals surface area (Å²) in [5, 5.41) is 3.57. The van der Waals surface area contributed by atoms with Gasteiger partial charge in [0.2, 0.25) is 0 Å². The number of hydrogen-bond acceptors (Lipinski definition) is 1. The van der Waals surface area contributed by atoms with Gasteiger partial charge in [-0.2, -0.15) is 0 Å². The summed E-state index contributed by atoms with van der Waals surface area (Å²) in [5.41, 5.74) is 0. The molecule has 2 heteroatoms. The zero-order valence-corrected chi connectivity index (χ0v) is 9.60. The molecule has 3 atom stereocenters. The van der Waals surface area contributed by atoms with E-state index in [2.05, 4.69) is 41.8 Å². The fourth-order valence-electron chi connectivity index (χ4n) is 1.92. The third-order valence-corrected chi connectivity index (χ3v) is 3.71. The number of hydrogen-bond donors (Lipinski definition) is 1. The molecule has 66 valence electrons. The summed E-state index contributed by atoms with van der Waals surface area (Å²) in [6, 6.07) is 0.734. The lowest BCUT2D eigenvalue weighted by atomic mass is 9.95. The van der Waals surface area contributed by atoms with Crippen LogP contribution in [0, 0.1) is 11.8 Å². The van der Waals surface area contributed by atoms with E-state index in [0.717, 1.165) is 17.9 Å². The number of nitrogens with one attached hydrogen (secondary N) is 1. The van der Waals surface area contributed by atoms with E-state index < -0.39 is 0 Å². The Morgan fingerprint density at radius 1 is 1.36 bits per heavy atom. The van der Waals surface area contributed by atoms with Gasteiger partial charge in [0.25, 0.3) is 0 Å². The van der Waals surface area contributed by atoms with E-state index >= 15 is 0 Å². The van der Waals surface area contributed by atoms with Gasteiger partial charge < -0.3 is 5.32 Å². The summed E-state index contributed by atoms with van der Waals surface area (Å²) in [5.74, 6) is 1.83. The van der Waals surface area contributed by atoms with Crippen LogP contribution in [0.4, 0.5) is 0 Å². The Bertz CT molecular complexity index is 116. The Labute approximate surface area is 83.5 Å². The van der Waals surface area contributed by atoms with Crippen LogP contribution in [0.5, 0.6) is 0 Å². The van der Waals surface area contributed by atoms with E-state index in [1.807, 2.05) is 0 Å². The van der Waals surface area contributed by atoms with Crippen molar-refractivity contribution in [1.29, 1.82) is 0 Å². The molecule has 0 radical (unpaired) electrons. The van der Waals surface area contributed by atoms with Crippen molar-refractivity contribution in [2.75, 3.05) is 11.0 Å². The Morgan fingerprint density at radius 2 is 2.09 bits per heavy atom. The van der Waals surface area contributed by atoms with Gasteiger partial charge in [-0.05, 0) is 38.1 Å². The van der Waals surface area contributed by atoms with Crippen LogP contribution in [0.1, 0.15) is 26.7 Å². The molecule has 1 saturated heterocycles. The van der Waals surface area contributed by atoms with Crippen molar-refractivity contribution < 1.29 is 0 Å². The predicted octanol–water partition coefficient (Wildman–Crippen LogP) is 2.45. The van der Waals surface area contributed by atoms with Crippen molar-refractivity contribution in [1.82, 2.24) is 5.32 Å². The summed E-state index contributed by atoms with van der Waals surface area (Å²) in [6.45, 7) is 5.91. The maximum atomic E-state index is 3.57. The molecule has 0 bridgehead atoms. The van der Waals surface area contributed by atoms with Crippen LogP contribution < -0.4 is 5.32 Å². The lowest BCUT2D eigenvalue weighted by Gasteiger charge is -2.12. The van der Waals surface area contributed by atoms with E-state index in [9.17, 15) is 0 Å². The molecule has 1 nitrogen and oxygen atoms in total. The summed E-state index contributed by atoms with van der Waals surface area (Å²) < 4.78 is 1.31. The highest BCUT2D eigenvalue weighted by Crippen LogP contribution is 2.21. The third kappa shape index (κ3) is 3.28. The van der Waals surface area contributed by atoms with Crippen LogP contribution in [0.15, 0.2) is 0 Å². The molecule has 0 saturated carbocycles. The lowest BCUT2D eigenvalue weighted by molar-refractivity contribution is 0.436. The molecule has 0 spiro atoms. The van der Waals surface area contributed by atoms with Gasteiger partial charge in [0, 0.05) is 10.5 Å². The largest absolute Gasteiger partial charge is 0.314 e. The van der Waals surface area contributed by atoms with Crippen LogP contribution in [0.3, 0.4) is 0 Å². The van der Waals surface area contributed by atoms with Crippen molar-refractivity contribution >= 4 is 22.6 Å². The van der Waals surface area contributed by atoms with Gasteiger partial charge in [-0.1, -0.05) is 29.5 Å². The van der Waals surface area contributed by atoms with Gasteiger partial charge in [-0.15, -0.1) is 0 Å². The first-order chi connectivity index (χ1) is 5.22. The molecule has 0 aromatic carbocycles. The topological polar surface area (TPSA) is 12.0 Å². The second kappa shape index (κ2) is 4.65. The number of halogens is 1. The molecule has 2 unspecified atom stereocenters. The highest BCUT2D eigenvalue weighted by Gasteiger charge is 2.19. The van der Waals surface area contributed by atoms with Crippen molar-refractivity contribution in [3.8, 4) is 0 Å². The maximum absolute atomic E-state index is 3.57. The molecular formula is C9H18IN. The number of rotatable bonds is 1. The SMILES string of the molecule is CC1CC(C)NC[C@@H](CI)C1. The molecule has 1 heterocycles. The van der Waals surface area contributed by atoms with Crippen molar-refractivity contribution in [3.63, 3.8) is 0 Å². The van der Waals surface area contributed by atoms with Gasteiger partial charge in [0.05, 0.1) is 0 Å². The van der Waals surface area contributed by atoms with E-state index in [0.29, 0.717) is 0 Å². The molecule has 11 heavy (non-hydrogen) atoms. The molecule has 0 amide bonds. The highest BCUT2D eigenvalue weighted by molar-refractivity contribution is 14.1. The van der Waals surface area contributed by atoms with E-state index in [1.165, 1.54) is 23.8 Å². The van der Waals surface area contributed by atoms with Gasteiger partial charge >= 0.3 is 0 Å². The van der Waals surface area contributed by atoms with Crippen LogP contribution in [0.25, 0.3) is 0 Å². The first-order valence-electron chi connectivity index (χ1n) is 4.51. The average Bonchev–Trinajstić information content (AvgIpc) is 2.11. The predicted molar refractivity (Wildman–Crippen MR) is 58.2 cm³/mol. The fourth-order valence-corrected chi connectivity index (χ4v) is 2.59. The summed E-state index contributed by atoms with van der Waals surface area (Å²) in [4.78, 5) is 0. The summed E-state index contributed by atoms with van der Waals surface area (Å²) in [7, 11) is 0. The zero-order valence-electron chi connectivity index (χ0n) is 7.44. The molecule has 1 aliphatic rings. The molecule has 1 N–H and O–H groups in total. The Hall–Kier alpha value is 0.690. The molecule has 1 fully saturated rings. The van der Waals surface area contributed by atoms with Crippen molar-refractivity contribution in [2.24, 2.45) is 11.8 Å². The quantitative estimate of drug-likeness (QED) is 0.568. The van der Waals surface area contributed by atoms with Crippen LogP contribution >= 0.6 is 22.6 Å². The van der Waals surface area contributed by atoms with Gasteiger partial charge in [-0.3, -0.25) is 0 Å². The fraction of sp³-hybridized carbons (Fsp3) is 1.00.